The van der Waals surface area contributed by atoms with Gasteiger partial charge in [0.05, 0.1) is 65.6 Å². The predicted octanol–water partition coefficient (Wildman–Crippen LogP) is 9.99. The SMILES string of the molecule is C[C@@H](CCCOc1cccc(NCCCOCCOCCOCCCN)c1)[C@@H]1CC[C@H]2[C@@H]3CC[C@@H]4C[C@@H](Oc5cccc(NCCCOCCOCCOCCCN)c5)CC[C@]4(C)[C@H]3CC[C@@]21C. The van der Waals surface area contributed by atoms with Gasteiger partial charge in [-0.05, 0) is 180 Å². The van der Waals surface area contributed by atoms with Crippen molar-refractivity contribution < 1.29 is 37.9 Å². The molecule has 0 saturated heterocycles. The van der Waals surface area contributed by atoms with Gasteiger partial charge in [0.2, 0.25) is 0 Å². The Hall–Kier alpha value is -2.68. The second kappa shape index (κ2) is 30.3. The molecule has 0 bridgehead atoms. The number of fused-ring (bicyclic) bond motifs is 5. The van der Waals surface area contributed by atoms with Crippen LogP contribution in [0.3, 0.4) is 0 Å². The van der Waals surface area contributed by atoms with Gasteiger partial charge in [0.25, 0.3) is 0 Å². The lowest BCUT2D eigenvalue weighted by atomic mass is 9.44. The smallest absolute Gasteiger partial charge is 0.121 e. The molecule has 0 aromatic heterocycles. The highest BCUT2D eigenvalue weighted by Crippen LogP contribution is 2.68. The van der Waals surface area contributed by atoms with Crippen LogP contribution in [0.5, 0.6) is 11.5 Å². The molecule has 0 heterocycles. The molecule has 4 saturated carbocycles. The summed E-state index contributed by atoms with van der Waals surface area (Å²) in [6.07, 6.45) is 18.4. The fourth-order valence-electron chi connectivity index (χ4n) is 12.9. The maximum absolute atomic E-state index is 6.77. The van der Waals surface area contributed by atoms with E-state index in [0.29, 0.717) is 109 Å². The van der Waals surface area contributed by atoms with Gasteiger partial charge in [-0.25, -0.2) is 0 Å². The van der Waals surface area contributed by atoms with E-state index in [1.54, 1.807) is 0 Å². The lowest BCUT2D eigenvalue weighted by molar-refractivity contribution is -0.126. The average Bonchev–Trinajstić information content (AvgIpc) is 3.71. The first-order valence-electron chi connectivity index (χ1n) is 27.2. The first-order valence-corrected chi connectivity index (χ1v) is 27.2. The highest BCUT2D eigenvalue weighted by Gasteiger charge is 2.60. The van der Waals surface area contributed by atoms with Crippen molar-refractivity contribution in [1.29, 1.82) is 0 Å². The zero-order valence-corrected chi connectivity index (χ0v) is 42.7. The van der Waals surface area contributed by atoms with Crippen LogP contribution in [0.15, 0.2) is 48.5 Å². The molecule has 0 unspecified atom stereocenters. The third kappa shape index (κ3) is 17.0. The highest BCUT2D eigenvalue weighted by molar-refractivity contribution is 5.49. The Kier molecular flexibility index (Phi) is 24.3. The minimum absolute atomic E-state index is 0.305. The maximum Gasteiger partial charge on any atom is 0.121 e. The number of benzene rings is 2. The van der Waals surface area contributed by atoms with Crippen molar-refractivity contribution in [1.82, 2.24) is 0 Å². The summed E-state index contributed by atoms with van der Waals surface area (Å²) >= 11 is 0. The normalized spacial score (nSPS) is 27.0. The summed E-state index contributed by atoms with van der Waals surface area (Å²) in [5.74, 6) is 6.90. The molecule has 68 heavy (non-hydrogen) atoms. The zero-order valence-electron chi connectivity index (χ0n) is 42.7. The molecule has 4 aliphatic rings. The van der Waals surface area contributed by atoms with Gasteiger partial charge >= 0.3 is 0 Å². The number of hydrogen-bond donors (Lipinski definition) is 4. The minimum Gasteiger partial charge on any atom is -0.494 e. The molecule has 4 aliphatic carbocycles. The van der Waals surface area contributed by atoms with Crippen LogP contribution in [-0.2, 0) is 28.4 Å². The molecular formula is C56H94N4O8. The van der Waals surface area contributed by atoms with Crippen LogP contribution in [0.1, 0.15) is 117 Å². The maximum atomic E-state index is 6.77. The number of ether oxygens (including phenoxy) is 8. The fourth-order valence-corrected chi connectivity index (χ4v) is 12.9. The third-order valence-electron chi connectivity index (χ3n) is 16.5. The standard InChI is InChI=1S/C56H94N4O8/c1-44(11-6-32-67-48-14-4-12-46(42-48)59-26-9-30-63-35-39-65-37-33-61-28-7-24-57)52-18-19-53-51-17-16-45-41-50(20-22-55(45,2)54(51)21-23-56(52,53)3)68-49-15-5-13-47(43-49)60-27-10-31-64-36-40-66-38-34-62-29-8-25-58/h4-5,12-15,42-45,50-54,59-60H,6-11,16-41,57-58H2,1-3H3/t44-,45+,50-,51-,52-,53-,54-,55-,56+/m0/s1. The number of hydrogen-bond acceptors (Lipinski definition) is 12. The van der Waals surface area contributed by atoms with Crippen molar-refractivity contribution in [3.8, 4) is 11.5 Å². The Balaban J connectivity index is 0.835. The molecule has 0 aliphatic heterocycles. The van der Waals surface area contributed by atoms with E-state index in [-0.39, 0.29) is 0 Å². The first kappa shape index (κ1) is 54.6. The summed E-state index contributed by atoms with van der Waals surface area (Å²) in [5.41, 5.74) is 14.1. The van der Waals surface area contributed by atoms with Gasteiger partial charge in [0, 0.05) is 63.0 Å². The van der Waals surface area contributed by atoms with Crippen LogP contribution in [0, 0.1) is 46.3 Å². The summed E-state index contributed by atoms with van der Waals surface area (Å²) in [6.45, 7) is 19.4. The molecular weight excluding hydrogens is 857 g/mol. The lowest BCUT2D eigenvalue weighted by Gasteiger charge is -2.61. The molecule has 0 spiro atoms. The lowest BCUT2D eigenvalue weighted by Crippen LogP contribution is -2.54. The molecule has 6 N–H and O–H groups in total. The largest absolute Gasteiger partial charge is 0.494 e. The van der Waals surface area contributed by atoms with E-state index in [4.69, 9.17) is 49.4 Å². The zero-order chi connectivity index (χ0) is 47.7. The van der Waals surface area contributed by atoms with Crippen molar-refractivity contribution >= 4 is 11.4 Å². The average molecular weight is 951 g/mol. The van der Waals surface area contributed by atoms with Crippen LogP contribution < -0.4 is 31.6 Å². The quantitative estimate of drug-likeness (QED) is 0.0482. The van der Waals surface area contributed by atoms with Crippen molar-refractivity contribution in [2.24, 2.45) is 57.8 Å². The topological polar surface area (TPSA) is 150 Å². The monoisotopic (exact) mass is 951 g/mol. The number of nitrogens with one attached hydrogen (secondary N) is 2. The van der Waals surface area contributed by atoms with E-state index in [9.17, 15) is 0 Å². The summed E-state index contributed by atoms with van der Waals surface area (Å²) in [6, 6.07) is 17.0. The van der Waals surface area contributed by atoms with Crippen molar-refractivity contribution in [3.63, 3.8) is 0 Å². The van der Waals surface area contributed by atoms with Gasteiger partial charge < -0.3 is 60.0 Å². The predicted molar refractivity (Wildman–Crippen MR) is 275 cm³/mol. The molecule has 2 aromatic carbocycles. The highest BCUT2D eigenvalue weighted by atomic mass is 16.5. The molecule has 12 heteroatoms. The van der Waals surface area contributed by atoms with Crippen LogP contribution in [0.2, 0.25) is 0 Å². The summed E-state index contributed by atoms with van der Waals surface area (Å²) < 4.78 is 46.6. The molecule has 9 atom stereocenters. The van der Waals surface area contributed by atoms with E-state index < -0.39 is 0 Å². The number of nitrogens with two attached hydrogens (primary N) is 2. The van der Waals surface area contributed by atoms with Gasteiger partial charge in [0.15, 0.2) is 0 Å². The van der Waals surface area contributed by atoms with Gasteiger partial charge in [-0.15, -0.1) is 0 Å². The van der Waals surface area contributed by atoms with Gasteiger partial charge in [0.1, 0.15) is 11.5 Å². The van der Waals surface area contributed by atoms with Crippen molar-refractivity contribution in [3.05, 3.63) is 48.5 Å². The number of anilines is 2. The summed E-state index contributed by atoms with van der Waals surface area (Å²) in [4.78, 5) is 0. The fraction of sp³-hybridized carbons (Fsp3) is 0.786. The van der Waals surface area contributed by atoms with E-state index in [1.165, 1.54) is 64.2 Å². The van der Waals surface area contributed by atoms with Gasteiger partial charge in [-0.2, -0.15) is 0 Å². The van der Waals surface area contributed by atoms with Crippen LogP contribution in [-0.4, -0.2) is 118 Å². The van der Waals surface area contributed by atoms with Crippen LogP contribution in [0.4, 0.5) is 11.4 Å². The number of rotatable bonds is 36. The summed E-state index contributed by atoms with van der Waals surface area (Å²) in [5, 5.41) is 7.11. The Morgan fingerprint density at radius 3 is 1.69 bits per heavy atom. The van der Waals surface area contributed by atoms with E-state index in [2.05, 4.69) is 79.9 Å². The Morgan fingerprint density at radius 1 is 0.559 bits per heavy atom. The Labute approximate surface area is 411 Å². The molecule has 6 rings (SSSR count). The van der Waals surface area contributed by atoms with Gasteiger partial charge in [-0.3, -0.25) is 0 Å². The molecule has 0 amide bonds. The van der Waals surface area contributed by atoms with E-state index in [0.717, 1.165) is 110 Å². The van der Waals surface area contributed by atoms with E-state index in [1.807, 2.05) is 0 Å². The molecule has 0 radical (unpaired) electrons. The second-order valence-electron chi connectivity index (χ2n) is 20.9. The third-order valence-corrected chi connectivity index (χ3v) is 16.5. The Morgan fingerprint density at radius 2 is 1.09 bits per heavy atom. The Bertz CT molecular complexity index is 1660. The molecule has 386 valence electrons. The van der Waals surface area contributed by atoms with Crippen LogP contribution in [0.25, 0.3) is 0 Å². The molecule has 4 fully saturated rings. The van der Waals surface area contributed by atoms with Crippen molar-refractivity contribution in [2.75, 3.05) is 123 Å². The molecule has 12 nitrogen and oxygen atoms in total. The minimum atomic E-state index is 0.305. The molecule has 2 aromatic rings. The van der Waals surface area contributed by atoms with E-state index >= 15 is 0 Å². The second-order valence-corrected chi connectivity index (χ2v) is 20.9. The van der Waals surface area contributed by atoms with Crippen molar-refractivity contribution in [2.45, 2.75) is 123 Å². The first-order chi connectivity index (χ1) is 33.3. The van der Waals surface area contributed by atoms with Crippen LogP contribution >= 0.6 is 0 Å². The van der Waals surface area contributed by atoms with Gasteiger partial charge in [-0.1, -0.05) is 32.9 Å². The summed E-state index contributed by atoms with van der Waals surface area (Å²) in [7, 11) is 0.